The second kappa shape index (κ2) is 7.58. The number of benzene rings is 1. The molecule has 0 saturated heterocycles. The molecule has 3 heteroatoms. The molecule has 2 unspecified atom stereocenters. The van der Waals surface area contributed by atoms with E-state index in [1.807, 2.05) is 6.07 Å². The Morgan fingerprint density at radius 3 is 2.33 bits per heavy atom. The summed E-state index contributed by atoms with van der Waals surface area (Å²) in [6.07, 6.45) is 6.60. The highest BCUT2D eigenvalue weighted by molar-refractivity contribution is 5.54. The third-order valence-electron chi connectivity index (χ3n) is 4.31. The molecule has 3 nitrogen and oxygen atoms in total. The largest absolute Gasteiger partial charge is 0.497 e. The summed E-state index contributed by atoms with van der Waals surface area (Å²) in [5, 5.41) is 3.67. The minimum Gasteiger partial charge on any atom is -0.497 e. The number of ether oxygens (including phenoxy) is 2. The van der Waals surface area contributed by atoms with Crippen LogP contribution in [0.5, 0.6) is 11.5 Å². The van der Waals surface area contributed by atoms with Crippen LogP contribution in [0.1, 0.15) is 46.0 Å². The van der Waals surface area contributed by atoms with Gasteiger partial charge in [-0.25, -0.2) is 0 Å². The lowest BCUT2D eigenvalue weighted by Gasteiger charge is -2.31. The zero-order valence-corrected chi connectivity index (χ0v) is 13.8. The van der Waals surface area contributed by atoms with Crippen LogP contribution in [0.3, 0.4) is 0 Å². The lowest BCUT2D eigenvalue weighted by atomic mass is 9.81. The molecule has 0 aromatic heterocycles. The van der Waals surface area contributed by atoms with Gasteiger partial charge in [-0.1, -0.05) is 26.7 Å². The van der Waals surface area contributed by atoms with Gasteiger partial charge >= 0.3 is 0 Å². The first-order valence-electron chi connectivity index (χ1n) is 8.10. The van der Waals surface area contributed by atoms with Crippen LogP contribution in [0.25, 0.3) is 0 Å². The average molecular weight is 291 g/mol. The van der Waals surface area contributed by atoms with Crippen LogP contribution in [0.2, 0.25) is 0 Å². The van der Waals surface area contributed by atoms with Crippen LogP contribution in [0.4, 0.5) is 5.69 Å². The number of rotatable bonds is 6. The lowest BCUT2D eigenvalue weighted by molar-refractivity contribution is 0.289. The highest BCUT2D eigenvalue weighted by atomic mass is 16.5. The van der Waals surface area contributed by atoms with Crippen molar-refractivity contribution in [2.45, 2.75) is 52.0 Å². The summed E-state index contributed by atoms with van der Waals surface area (Å²) >= 11 is 0. The molecule has 0 amide bonds. The molecule has 1 aromatic rings. The summed E-state index contributed by atoms with van der Waals surface area (Å²) < 4.78 is 10.7. The summed E-state index contributed by atoms with van der Waals surface area (Å²) in [5.41, 5.74) is 1.10. The van der Waals surface area contributed by atoms with E-state index >= 15 is 0 Å². The van der Waals surface area contributed by atoms with E-state index in [1.165, 1.54) is 32.1 Å². The van der Waals surface area contributed by atoms with Gasteiger partial charge in [0.1, 0.15) is 11.5 Å². The highest BCUT2D eigenvalue weighted by Crippen LogP contribution is 2.32. The molecule has 1 fully saturated rings. The van der Waals surface area contributed by atoms with E-state index in [0.717, 1.165) is 29.0 Å². The predicted molar refractivity (Wildman–Crippen MR) is 88.4 cm³/mol. The van der Waals surface area contributed by atoms with Crippen LogP contribution in [-0.2, 0) is 0 Å². The normalized spacial score (nSPS) is 22.1. The number of nitrogens with one attached hydrogen (secondary N) is 1. The van der Waals surface area contributed by atoms with Crippen LogP contribution in [-0.4, -0.2) is 20.3 Å². The summed E-state index contributed by atoms with van der Waals surface area (Å²) in [7, 11) is 3.38. The first kappa shape index (κ1) is 16.0. The summed E-state index contributed by atoms with van der Waals surface area (Å²) in [6.45, 7) is 4.65. The molecule has 1 aliphatic rings. The van der Waals surface area contributed by atoms with Crippen LogP contribution < -0.4 is 14.8 Å². The third kappa shape index (κ3) is 4.83. The van der Waals surface area contributed by atoms with Crippen LogP contribution in [0.15, 0.2) is 18.2 Å². The molecule has 21 heavy (non-hydrogen) atoms. The maximum atomic E-state index is 5.34. The van der Waals surface area contributed by atoms with Crippen molar-refractivity contribution >= 4 is 5.69 Å². The molecule has 0 heterocycles. The molecular formula is C18H29NO2. The van der Waals surface area contributed by atoms with Gasteiger partial charge in [-0.15, -0.1) is 0 Å². The smallest absolute Gasteiger partial charge is 0.124 e. The SMILES string of the molecule is COc1cc(NC2CCCC(CC(C)C)C2)cc(OC)c1. The molecule has 0 bridgehead atoms. The van der Waals surface area contributed by atoms with E-state index in [9.17, 15) is 0 Å². The number of hydrogen-bond acceptors (Lipinski definition) is 3. The van der Waals surface area contributed by atoms with Gasteiger partial charge in [-0.2, -0.15) is 0 Å². The van der Waals surface area contributed by atoms with Crippen molar-refractivity contribution in [3.05, 3.63) is 18.2 Å². The monoisotopic (exact) mass is 291 g/mol. The fraction of sp³-hybridized carbons (Fsp3) is 0.667. The van der Waals surface area contributed by atoms with Crippen molar-refractivity contribution in [1.29, 1.82) is 0 Å². The average Bonchev–Trinajstić information content (AvgIpc) is 2.46. The molecule has 2 rings (SSSR count). The van der Waals surface area contributed by atoms with E-state index in [-0.39, 0.29) is 0 Å². The van der Waals surface area contributed by atoms with Gasteiger partial charge in [0.2, 0.25) is 0 Å². The molecule has 0 radical (unpaired) electrons. The number of anilines is 1. The number of hydrogen-bond donors (Lipinski definition) is 1. The first-order valence-corrected chi connectivity index (χ1v) is 8.10. The van der Waals surface area contributed by atoms with Crippen molar-refractivity contribution in [2.75, 3.05) is 19.5 Å². The maximum Gasteiger partial charge on any atom is 0.124 e. The Morgan fingerprint density at radius 1 is 1.10 bits per heavy atom. The van der Waals surface area contributed by atoms with Crippen molar-refractivity contribution in [3.63, 3.8) is 0 Å². The zero-order valence-electron chi connectivity index (χ0n) is 13.8. The van der Waals surface area contributed by atoms with Crippen molar-refractivity contribution in [1.82, 2.24) is 0 Å². The summed E-state index contributed by atoms with van der Waals surface area (Å²) in [5.74, 6) is 3.34. The van der Waals surface area contributed by atoms with E-state index in [0.29, 0.717) is 6.04 Å². The Balaban J connectivity index is 2.00. The van der Waals surface area contributed by atoms with E-state index in [2.05, 4.69) is 31.3 Å². The molecule has 1 aromatic carbocycles. The van der Waals surface area contributed by atoms with Gasteiger partial charge in [0.15, 0.2) is 0 Å². The van der Waals surface area contributed by atoms with Crippen molar-refractivity contribution < 1.29 is 9.47 Å². The topological polar surface area (TPSA) is 30.5 Å². The van der Waals surface area contributed by atoms with E-state index in [4.69, 9.17) is 9.47 Å². The highest BCUT2D eigenvalue weighted by Gasteiger charge is 2.22. The Labute approximate surface area is 129 Å². The quantitative estimate of drug-likeness (QED) is 0.822. The molecule has 1 N–H and O–H groups in total. The van der Waals surface area contributed by atoms with Crippen molar-refractivity contribution in [3.8, 4) is 11.5 Å². The Hall–Kier alpha value is -1.38. The zero-order chi connectivity index (χ0) is 15.2. The molecule has 2 atom stereocenters. The fourth-order valence-electron chi connectivity index (χ4n) is 3.43. The second-order valence-electron chi connectivity index (χ2n) is 6.60. The van der Waals surface area contributed by atoms with E-state index < -0.39 is 0 Å². The van der Waals surface area contributed by atoms with Crippen LogP contribution in [0, 0.1) is 11.8 Å². The van der Waals surface area contributed by atoms with E-state index in [1.54, 1.807) is 14.2 Å². The molecule has 118 valence electrons. The third-order valence-corrected chi connectivity index (χ3v) is 4.31. The molecule has 0 aliphatic heterocycles. The number of methoxy groups -OCH3 is 2. The molecular weight excluding hydrogens is 262 g/mol. The van der Waals surface area contributed by atoms with Gasteiger partial charge in [-0.3, -0.25) is 0 Å². The van der Waals surface area contributed by atoms with Gasteiger partial charge in [-0.05, 0) is 31.1 Å². The van der Waals surface area contributed by atoms with Gasteiger partial charge in [0, 0.05) is 29.9 Å². The fourth-order valence-corrected chi connectivity index (χ4v) is 3.43. The van der Waals surface area contributed by atoms with Gasteiger partial charge in [0.05, 0.1) is 14.2 Å². The van der Waals surface area contributed by atoms with Gasteiger partial charge < -0.3 is 14.8 Å². The Morgan fingerprint density at radius 2 is 1.76 bits per heavy atom. The molecule has 1 aliphatic carbocycles. The lowest BCUT2D eigenvalue weighted by Crippen LogP contribution is -2.28. The Bertz CT molecular complexity index is 423. The van der Waals surface area contributed by atoms with Crippen LogP contribution >= 0.6 is 0 Å². The van der Waals surface area contributed by atoms with Gasteiger partial charge in [0.25, 0.3) is 0 Å². The standard InChI is InChI=1S/C18H29NO2/c1-13(2)8-14-6-5-7-15(9-14)19-16-10-17(20-3)12-18(11-16)21-4/h10-15,19H,5-9H2,1-4H3. The maximum absolute atomic E-state index is 5.34. The summed E-state index contributed by atoms with van der Waals surface area (Å²) in [4.78, 5) is 0. The molecule has 0 spiro atoms. The predicted octanol–water partition coefficient (Wildman–Crippen LogP) is 4.72. The minimum atomic E-state index is 0.569. The van der Waals surface area contributed by atoms with Crippen molar-refractivity contribution in [2.24, 2.45) is 11.8 Å². The Kier molecular flexibility index (Phi) is 5.77. The minimum absolute atomic E-state index is 0.569. The summed E-state index contributed by atoms with van der Waals surface area (Å²) in [6, 6.07) is 6.58. The molecule has 1 saturated carbocycles. The first-order chi connectivity index (χ1) is 10.1. The second-order valence-corrected chi connectivity index (χ2v) is 6.60.